The molecule has 5 heteroatoms. The van der Waals surface area contributed by atoms with E-state index in [-0.39, 0.29) is 5.91 Å². The number of methoxy groups -OCH3 is 1. The van der Waals surface area contributed by atoms with Gasteiger partial charge in [0.25, 0.3) is 5.91 Å². The van der Waals surface area contributed by atoms with Gasteiger partial charge < -0.3 is 19.5 Å². The topological polar surface area (TPSA) is 56.8 Å². The molecule has 0 fully saturated rings. The van der Waals surface area contributed by atoms with E-state index in [0.29, 0.717) is 18.9 Å². The van der Waals surface area contributed by atoms with Crippen molar-refractivity contribution in [2.75, 3.05) is 20.3 Å². The molecule has 0 aliphatic rings. The molecule has 1 unspecified atom stereocenters. The Balaban J connectivity index is 1.76. The maximum Gasteiger partial charge on any atom is 0.260 e. The van der Waals surface area contributed by atoms with Gasteiger partial charge in [0.15, 0.2) is 6.10 Å². The van der Waals surface area contributed by atoms with E-state index in [9.17, 15) is 4.79 Å². The van der Waals surface area contributed by atoms with Gasteiger partial charge in [-0.2, -0.15) is 0 Å². The fraction of sp³-hybridized carbons (Fsp3) is 0.350. The van der Waals surface area contributed by atoms with Crippen LogP contribution in [0, 0.1) is 13.8 Å². The number of aryl methyl sites for hydroxylation is 1. The van der Waals surface area contributed by atoms with Crippen LogP contribution >= 0.6 is 0 Å². The van der Waals surface area contributed by atoms with Gasteiger partial charge in [-0.05, 0) is 50.1 Å². The van der Waals surface area contributed by atoms with E-state index in [1.807, 2.05) is 50.2 Å². The standard InChI is InChI=1S/C20H25NO4/c1-14-7-5-10-19(15(14)2)25-16(3)20(22)21-11-12-24-18-9-6-8-17(13-18)23-4/h5-10,13,16H,11-12H2,1-4H3,(H,21,22). The monoisotopic (exact) mass is 343 g/mol. The highest BCUT2D eigenvalue weighted by Crippen LogP contribution is 2.21. The average Bonchev–Trinajstić information content (AvgIpc) is 2.62. The normalized spacial score (nSPS) is 11.5. The summed E-state index contributed by atoms with van der Waals surface area (Å²) in [4.78, 5) is 12.1. The predicted molar refractivity (Wildman–Crippen MR) is 97.5 cm³/mol. The van der Waals surface area contributed by atoms with Crippen LogP contribution in [-0.2, 0) is 4.79 Å². The van der Waals surface area contributed by atoms with E-state index in [2.05, 4.69) is 5.32 Å². The number of hydrogen-bond donors (Lipinski definition) is 1. The molecule has 2 rings (SSSR count). The number of benzene rings is 2. The lowest BCUT2D eigenvalue weighted by molar-refractivity contribution is -0.127. The van der Waals surface area contributed by atoms with Crippen molar-refractivity contribution in [3.8, 4) is 17.2 Å². The van der Waals surface area contributed by atoms with E-state index in [0.717, 1.165) is 22.6 Å². The van der Waals surface area contributed by atoms with Crippen molar-refractivity contribution in [2.24, 2.45) is 0 Å². The van der Waals surface area contributed by atoms with Crippen LogP contribution in [0.4, 0.5) is 0 Å². The second-order valence-corrected chi connectivity index (χ2v) is 5.78. The van der Waals surface area contributed by atoms with Crippen molar-refractivity contribution in [2.45, 2.75) is 26.9 Å². The zero-order chi connectivity index (χ0) is 18.2. The van der Waals surface area contributed by atoms with Crippen molar-refractivity contribution in [1.82, 2.24) is 5.32 Å². The summed E-state index contributed by atoms with van der Waals surface area (Å²) in [5.74, 6) is 2.00. The molecule has 0 spiro atoms. The fourth-order valence-corrected chi connectivity index (χ4v) is 2.27. The van der Waals surface area contributed by atoms with Crippen molar-refractivity contribution in [1.29, 1.82) is 0 Å². The zero-order valence-electron chi connectivity index (χ0n) is 15.2. The number of ether oxygens (including phenoxy) is 3. The largest absolute Gasteiger partial charge is 0.497 e. The molecule has 0 bridgehead atoms. The van der Waals surface area contributed by atoms with E-state index in [1.54, 1.807) is 20.1 Å². The maximum atomic E-state index is 12.1. The molecule has 1 amide bonds. The third-order valence-corrected chi connectivity index (χ3v) is 3.94. The third-order valence-electron chi connectivity index (χ3n) is 3.94. The molecule has 1 atom stereocenters. The molecule has 0 aliphatic heterocycles. The first kappa shape index (κ1) is 18.6. The summed E-state index contributed by atoms with van der Waals surface area (Å²) in [6.45, 7) is 6.51. The minimum Gasteiger partial charge on any atom is -0.497 e. The van der Waals surface area contributed by atoms with E-state index in [4.69, 9.17) is 14.2 Å². The summed E-state index contributed by atoms with van der Waals surface area (Å²) < 4.78 is 16.5. The molecule has 0 heterocycles. The van der Waals surface area contributed by atoms with Gasteiger partial charge in [-0.3, -0.25) is 4.79 Å². The van der Waals surface area contributed by atoms with E-state index in [1.165, 1.54) is 0 Å². The Morgan fingerprint density at radius 3 is 2.60 bits per heavy atom. The first-order valence-electron chi connectivity index (χ1n) is 8.28. The van der Waals surface area contributed by atoms with Crippen LogP contribution in [0.25, 0.3) is 0 Å². The van der Waals surface area contributed by atoms with Crippen LogP contribution in [0.3, 0.4) is 0 Å². The van der Waals surface area contributed by atoms with Crippen molar-refractivity contribution < 1.29 is 19.0 Å². The van der Waals surface area contributed by atoms with Crippen LogP contribution in [0.5, 0.6) is 17.2 Å². The summed E-state index contributed by atoms with van der Waals surface area (Å²) in [5, 5.41) is 2.82. The van der Waals surface area contributed by atoms with Gasteiger partial charge in [-0.25, -0.2) is 0 Å². The Kier molecular flexibility index (Phi) is 6.69. The van der Waals surface area contributed by atoms with E-state index < -0.39 is 6.10 Å². The Bertz CT molecular complexity index is 715. The Labute approximate surface area is 148 Å². The summed E-state index contributed by atoms with van der Waals surface area (Å²) in [6.07, 6.45) is -0.572. The highest BCUT2D eigenvalue weighted by molar-refractivity contribution is 5.80. The second kappa shape index (κ2) is 8.97. The molecule has 1 N–H and O–H groups in total. The molecule has 0 saturated carbocycles. The summed E-state index contributed by atoms with van der Waals surface area (Å²) >= 11 is 0. The molecule has 134 valence electrons. The van der Waals surface area contributed by atoms with Gasteiger partial charge in [0.05, 0.1) is 13.7 Å². The van der Waals surface area contributed by atoms with Crippen molar-refractivity contribution in [3.05, 3.63) is 53.6 Å². The molecule has 0 aliphatic carbocycles. The Morgan fingerprint density at radius 1 is 1.12 bits per heavy atom. The molecular weight excluding hydrogens is 318 g/mol. The lowest BCUT2D eigenvalue weighted by Gasteiger charge is -2.17. The fourth-order valence-electron chi connectivity index (χ4n) is 2.27. The molecule has 0 radical (unpaired) electrons. The smallest absolute Gasteiger partial charge is 0.260 e. The maximum absolute atomic E-state index is 12.1. The van der Waals surface area contributed by atoms with Crippen LogP contribution in [0.2, 0.25) is 0 Å². The Morgan fingerprint density at radius 2 is 1.84 bits per heavy atom. The van der Waals surface area contributed by atoms with Crippen molar-refractivity contribution in [3.63, 3.8) is 0 Å². The number of carbonyl (C=O) groups is 1. The van der Waals surface area contributed by atoms with Gasteiger partial charge in [0.2, 0.25) is 0 Å². The first-order valence-corrected chi connectivity index (χ1v) is 8.28. The van der Waals surface area contributed by atoms with Gasteiger partial charge in [-0.15, -0.1) is 0 Å². The lowest BCUT2D eigenvalue weighted by atomic mass is 10.1. The molecule has 2 aromatic carbocycles. The number of rotatable bonds is 8. The highest BCUT2D eigenvalue weighted by atomic mass is 16.5. The van der Waals surface area contributed by atoms with Gasteiger partial charge in [0, 0.05) is 6.07 Å². The lowest BCUT2D eigenvalue weighted by Crippen LogP contribution is -2.38. The van der Waals surface area contributed by atoms with Crippen molar-refractivity contribution >= 4 is 5.91 Å². The van der Waals surface area contributed by atoms with Crippen LogP contribution in [-0.4, -0.2) is 32.3 Å². The molecule has 25 heavy (non-hydrogen) atoms. The Hall–Kier alpha value is -2.69. The summed E-state index contributed by atoms with van der Waals surface area (Å²) in [5.41, 5.74) is 2.18. The second-order valence-electron chi connectivity index (χ2n) is 5.78. The minimum atomic E-state index is -0.572. The highest BCUT2D eigenvalue weighted by Gasteiger charge is 2.15. The SMILES string of the molecule is COc1cccc(OCCNC(=O)C(C)Oc2cccc(C)c2C)c1. The van der Waals surface area contributed by atoms with E-state index >= 15 is 0 Å². The third kappa shape index (κ3) is 5.41. The van der Waals surface area contributed by atoms with Gasteiger partial charge >= 0.3 is 0 Å². The molecule has 5 nitrogen and oxygen atoms in total. The quantitative estimate of drug-likeness (QED) is 0.748. The first-order chi connectivity index (χ1) is 12.0. The zero-order valence-corrected chi connectivity index (χ0v) is 15.2. The minimum absolute atomic E-state index is 0.171. The number of amides is 1. The predicted octanol–water partition coefficient (Wildman–Crippen LogP) is 3.27. The molecule has 0 aromatic heterocycles. The van der Waals surface area contributed by atoms with Gasteiger partial charge in [-0.1, -0.05) is 18.2 Å². The average molecular weight is 343 g/mol. The molecule has 2 aromatic rings. The van der Waals surface area contributed by atoms with Crippen LogP contribution in [0.15, 0.2) is 42.5 Å². The van der Waals surface area contributed by atoms with Gasteiger partial charge in [0.1, 0.15) is 23.9 Å². The molecule has 0 saturated heterocycles. The summed E-state index contributed by atoms with van der Waals surface area (Å²) in [7, 11) is 1.61. The number of carbonyl (C=O) groups excluding carboxylic acids is 1. The number of nitrogens with one attached hydrogen (secondary N) is 1. The number of hydrogen-bond acceptors (Lipinski definition) is 4. The van der Waals surface area contributed by atoms with Crippen LogP contribution in [0.1, 0.15) is 18.1 Å². The van der Waals surface area contributed by atoms with Crippen LogP contribution < -0.4 is 19.5 Å². The molecular formula is C20H25NO4. The summed E-state index contributed by atoms with van der Waals surface area (Å²) in [6, 6.07) is 13.2.